The third-order valence-corrected chi connectivity index (χ3v) is 5.62. The van der Waals surface area contributed by atoms with Gasteiger partial charge in [-0.2, -0.15) is 0 Å². The number of nitrogens with one attached hydrogen (secondary N) is 1. The van der Waals surface area contributed by atoms with Crippen molar-refractivity contribution in [1.29, 1.82) is 0 Å². The Bertz CT molecular complexity index is 864. The number of rotatable bonds is 5. The quantitative estimate of drug-likeness (QED) is 0.878. The molecule has 0 saturated carbocycles. The van der Waals surface area contributed by atoms with Gasteiger partial charge in [-0.1, -0.05) is 30.3 Å². The molecule has 2 bridgehead atoms. The maximum atomic E-state index is 13.0. The van der Waals surface area contributed by atoms with Gasteiger partial charge in [0.25, 0.3) is 0 Å². The molecular weight excluding hydrogens is 342 g/mol. The van der Waals surface area contributed by atoms with Gasteiger partial charge in [0.2, 0.25) is 11.3 Å². The van der Waals surface area contributed by atoms with Crippen molar-refractivity contribution in [1.82, 2.24) is 14.8 Å². The van der Waals surface area contributed by atoms with Gasteiger partial charge >= 0.3 is 0 Å². The number of carbonyl (C=O) groups is 1. The number of benzene rings is 1. The molecule has 0 aliphatic carbocycles. The molecule has 0 radical (unpaired) electrons. The average Bonchev–Trinajstić information content (AvgIpc) is 2.94. The van der Waals surface area contributed by atoms with E-state index in [-0.39, 0.29) is 23.3 Å². The summed E-state index contributed by atoms with van der Waals surface area (Å²) in [5.41, 5.74) is 1.90. The molecule has 0 spiro atoms. The zero-order chi connectivity index (χ0) is 18.8. The number of pyridine rings is 1. The first-order valence-corrected chi connectivity index (χ1v) is 9.46. The van der Waals surface area contributed by atoms with E-state index >= 15 is 0 Å². The number of amides is 1. The fourth-order valence-corrected chi connectivity index (χ4v) is 4.24. The van der Waals surface area contributed by atoms with Crippen molar-refractivity contribution in [2.45, 2.75) is 32.0 Å². The fraction of sp³-hybridized carbons (Fsp3) is 0.429. The SMILES string of the molecule is COc1c[nH]c(CN2CC3CCC(C2)N(Cc2ccccc2)C3=O)cc1=O. The lowest BCUT2D eigenvalue weighted by Gasteiger charge is -2.36. The number of aromatic amines is 1. The molecule has 6 nitrogen and oxygen atoms in total. The van der Waals surface area contributed by atoms with Gasteiger partial charge in [0.1, 0.15) is 0 Å². The lowest BCUT2D eigenvalue weighted by molar-refractivity contribution is -0.140. The second-order valence-electron chi connectivity index (χ2n) is 7.46. The third kappa shape index (κ3) is 3.76. The van der Waals surface area contributed by atoms with Crippen LogP contribution in [0.1, 0.15) is 24.1 Å². The normalized spacial score (nSPS) is 22.7. The Hall–Kier alpha value is -2.60. The summed E-state index contributed by atoms with van der Waals surface area (Å²) in [6, 6.07) is 12.0. The molecule has 1 amide bonds. The standard InChI is InChI=1S/C21H25N3O3/c1-27-20-10-22-17(9-19(20)25)13-23-12-16-7-8-18(14-23)24(21(16)26)11-15-5-3-2-4-6-15/h2-6,9-10,16,18H,7-8,11-14H2,1H3,(H,22,25). The van der Waals surface area contributed by atoms with Gasteiger partial charge in [-0.15, -0.1) is 0 Å². The highest BCUT2D eigenvalue weighted by Crippen LogP contribution is 2.31. The summed E-state index contributed by atoms with van der Waals surface area (Å²) >= 11 is 0. The van der Waals surface area contributed by atoms with E-state index < -0.39 is 0 Å². The van der Waals surface area contributed by atoms with E-state index in [9.17, 15) is 9.59 Å². The van der Waals surface area contributed by atoms with Crippen molar-refractivity contribution in [2.75, 3.05) is 20.2 Å². The summed E-state index contributed by atoms with van der Waals surface area (Å²) < 4.78 is 5.03. The Morgan fingerprint density at radius 1 is 1.11 bits per heavy atom. The summed E-state index contributed by atoms with van der Waals surface area (Å²) in [4.78, 5) is 32.5. The Labute approximate surface area is 158 Å². The molecule has 1 N–H and O–H groups in total. The van der Waals surface area contributed by atoms with Gasteiger partial charge in [0.05, 0.1) is 13.0 Å². The summed E-state index contributed by atoms with van der Waals surface area (Å²) in [5.74, 6) is 0.622. The third-order valence-electron chi connectivity index (χ3n) is 5.62. The molecule has 142 valence electrons. The molecule has 1 aromatic carbocycles. The first kappa shape index (κ1) is 17.8. The molecule has 3 aliphatic heterocycles. The van der Waals surface area contributed by atoms with E-state index in [1.165, 1.54) is 12.7 Å². The van der Waals surface area contributed by atoms with Crippen molar-refractivity contribution in [3.8, 4) is 5.75 Å². The van der Waals surface area contributed by atoms with Crippen LogP contribution in [-0.2, 0) is 17.9 Å². The van der Waals surface area contributed by atoms with Crippen LogP contribution in [0.3, 0.4) is 0 Å². The molecular formula is C21H25N3O3. The molecule has 27 heavy (non-hydrogen) atoms. The smallest absolute Gasteiger partial charge is 0.227 e. The van der Waals surface area contributed by atoms with Gasteiger partial charge in [0.15, 0.2) is 5.75 Å². The Balaban J connectivity index is 1.49. The van der Waals surface area contributed by atoms with Crippen molar-refractivity contribution >= 4 is 5.91 Å². The minimum atomic E-state index is -0.120. The number of fused-ring (bicyclic) bond motifs is 4. The number of piperidine rings is 1. The molecule has 1 aromatic heterocycles. The first-order chi connectivity index (χ1) is 13.1. The molecule has 2 atom stereocenters. The van der Waals surface area contributed by atoms with E-state index in [2.05, 4.69) is 26.9 Å². The zero-order valence-corrected chi connectivity index (χ0v) is 15.6. The molecule has 3 aliphatic rings. The number of methoxy groups -OCH3 is 1. The van der Waals surface area contributed by atoms with Crippen LogP contribution in [0.4, 0.5) is 0 Å². The Morgan fingerprint density at radius 2 is 1.93 bits per heavy atom. The van der Waals surface area contributed by atoms with Crippen LogP contribution in [0.5, 0.6) is 5.75 Å². The lowest BCUT2D eigenvalue weighted by Crippen LogP contribution is -2.47. The van der Waals surface area contributed by atoms with Gasteiger partial charge < -0.3 is 14.6 Å². The van der Waals surface area contributed by atoms with Crippen LogP contribution in [0.2, 0.25) is 0 Å². The highest BCUT2D eigenvalue weighted by atomic mass is 16.5. The second-order valence-corrected chi connectivity index (χ2v) is 7.46. The Morgan fingerprint density at radius 3 is 2.67 bits per heavy atom. The van der Waals surface area contributed by atoms with Crippen molar-refractivity contribution in [3.05, 3.63) is 64.1 Å². The fourth-order valence-electron chi connectivity index (χ4n) is 4.24. The van der Waals surface area contributed by atoms with E-state index in [1.807, 2.05) is 18.2 Å². The van der Waals surface area contributed by atoms with E-state index in [4.69, 9.17) is 4.74 Å². The monoisotopic (exact) mass is 367 g/mol. The number of carbonyl (C=O) groups excluding carboxylic acids is 1. The molecule has 6 heteroatoms. The zero-order valence-electron chi connectivity index (χ0n) is 15.6. The van der Waals surface area contributed by atoms with Crippen LogP contribution in [0.15, 0.2) is 47.4 Å². The highest BCUT2D eigenvalue weighted by Gasteiger charge is 2.40. The number of nitrogens with zero attached hydrogens (tertiary/aromatic N) is 2. The van der Waals surface area contributed by atoms with Crippen LogP contribution in [-0.4, -0.2) is 46.9 Å². The van der Waals surface area contributed by atoms with Gasteiger partial charge in [0, 0.05) is 50.2 Å². The van der Waals surface area contributed by atoms with Crippen LogP contribution in [0.25, 0.3) is 0 Å². The largest absolute Gasteiger partial charge is 0.491 e. The maximum Gasteiger partial charge on any atom is 0.227 e. The average molecular weight is 367 g/mol. The summed E-state index contributed by atoms with van der Waals surface area (Å²) in [6.07, 6.45) is 3.60. The van der Waals surface area contributed by atoms with Gasteiger partial charge in [-0.25, -0.2) is 0 Å². The van der Waals surface area contributed by atoms with Crippen LogP contribution >= 0.6 is 0 Å². The van der Waals surface area contributed by atoms with Crippen molar-refractivity contribution in [2.24, 2.45) is 5.92 Å². The second kappa shape index (κ2) is 7.56. The first-order valence-electron chi connectivity index (χ1n) is 9.46. The predicted octanol–water partition coefficient (Wildman–Crippen LogP) is 2.01. The summed E-state index contributed by atoms with van der Waals surface area (Å²) in [7, 11) is 1.49. The molecule has 4 heterocycles. The lowest BCUT2D eigenvalue weighted by atomic mass is 9.93. The van der Waals surface area contributed by atoms with E-state index in [1.54, 1.807) is 12.3 Å². The number of H-pyrrole nitrogens is 1. The number of hydrogen-bond donors (Lipinski definition) is 1. The van der Waals surface area contributed by atoms with E-state index in [0.29, 0.717) is 18.8 Å². The van der Waals surface area contributed by atoms with Crippen molar-refractivity contribution < 1.29 is 9.53 Å². The number of ether oxygens (including phenoxy) is 1. The van der Waals surface area contributed by atoms with Crippen LogP contribution in [0, 0.1) is 5.92 Å². The molecule has 2 aromatic rings. The van der Waals surface area contributed by atoms with Gasteiger partial charge in [-0.3, -0.25) is 14.5 Å². The molecule has 3 saturated heterocycles. The van der Waals surface area contributed by atoms with Crippen LogP contribution < -0.4 is 10.2 Å². The minimum absolute atomic E-state index is 0.0393. The maximum absolute atomic E-state index is 13.0. The van der Waals surface area contributed by atoms with Gasteiger partial charge in [-0.05, 0) is 18.4 Å². The highest BCUT2D eigenvalue weighted by molar-refractivity contribution is 5.80. The molecule has 5 rings (SSSR count). The van der Waals surface area contributed by atoms with Crippen molar-refractivity contribution in [3.63, 3.8) is 0 Å². The topological polar surface area (TPSA) is 65.6 Å². The summed E-state index contributed by atoms with van der Waals surface area (Å²) in [5, 5.41) is 0. The number of hydrogen-bond acceptors (Lipinski definition) is 4. The number of aromatic nitrogens is 1. The summed E-state index contributed by atoms with van der Waals surface area (Å²) in [6.45, 7) is 2.89. The minimum Gasteiger partial charge on any atom is -0.491 e. The Kier molecular flexibility index (Phi) is 4.99. The predicted molar refractivity (Wildman–Crippen MR) is 102 cm³/mol. The molecule has 2 unspecified atom stereocenters. The molecule has 3 fully saturated rings. The van der Waals surface area contributed by atoms with E-state index in [0.717, 1.165) is 31.6 Å².